The molecular formula is C15H14BrCl2NO. The lowest BCUT2D eigenvalue weighted by molar-refractivity contribution is 0.473. The Balaban J connectivity index is 2.31. The van der Waals surface area contributed by atoms with E-state index in [9.17, 15) is 0 Å². The van der Waals surface area contributed by atoms with Crippen LogP contribution in [0, 0.1) is 0 Å². The number of benzene rings is 2. The van der Waals surface area contributed by atoms with Crippen molar-refractivity contribution in [2.24, 2.45) is 0 Å². The first kappa shape index (κ1) is 15.6. The molecule has 0 aliphatic rings. The molecule has 0 aliphatic heterocycles. The van der Waals surface area contributed by atoms with Crippen molar-refractivity contribution in [2.45, 2.75) is 13.5 Å². The quantitative estimate of drug-likeness (QED) is 0.729. The van der Waals surface area contributed by atoms with E-state index in [4.69, 9.17) is 27.9 Å². The van der Waals surface area contributed by atoms with Gasteiger partial charge in [-0.25, -0.2) is 0 Å². The molecule has 1 N–H and O–H groups in total. The third kappa shape index (κ3) is 4.13. The molecule has 0 spiro atoms. The van der Waals surface area contributed by atoms with E-state index in [0.717, 1.165) is 16.6 Å². The molecule has 0 bridgehead atoms. The van der Waals surface area contributed by atoms with Crippen LogP contribution >= 0.6 is 39.1 Å². The van der Waals surface area contributed by atoms with Crippen LogP contribution in [0.1, 0.15) is 12.5 Å². The minimum atomic E-state index is 0.558. The normalized spacial score (nSPS) is 10.6. The third-order valence-electron chi connectivity index (χ3n) is 2.71. The van der Waals surface area contributed by atoms with E-state index in [1.807, 2.05) is 24.3 Å². The van der Waals surface area contributed by atoms with Gasteiger partial charge in [-0.2, -0.15) is 0 Å². The van der Waals surface area contributed by atoms with E-state index < -0.39 is 0 Å². The number of nitrogens with one attached hydrogen (secondary N) is 1. The third-order valence-corrected chi connectivity index (χ3v) is 3.75. The number of hydrogen-bond acceptors (Lipinski definition) is 2. The molecule has 0 saturated heterocycles. The van der Waals surface area contributed by atoms with Gasteiger partial charge in [-0.3, -0.25) is 0 Å². The SMILES string of the molecule is CCNCc1ccc(Cl)cc1Oc1cc(Br)ccc1Cl. The van der Waals surface area contributed by atoms with Gasteiger partial charge in [-0.1, -0.05) is 52.1 Å². The second kappa shape index (κ2) is 7.32. The van der Waals surface area contributed by atoms with E-state index >= 15 is 0 Å². The highest BCUT2D eigenvalue weighted by Gasteiger charge is 2.09. The molecule has 0 fully saturated rings. The van der Waals surface area contributed by atoms with Crippen LogP contribution < -0.4 is 10.1 Å². The summed E-state index contributed by atoms with van der Waals surface area (Å²) in [5.74, 6) is 1.31. The standard InChI is InChI=1S/C15H14BrCl2NO/c1-2-19-9-10-3-5-12(17)8-14(10)20-15-7-11(16)4-6-13(15)18/h3-8,19H,2,9H2,1H3. The number of ether oxygens (including phenoxy) is 1. The molecule has 0 atom stereocenters. The molecule has 0 heterocycles. The Morgan fingerprint density at radius 2 is 1.90 bits per heavy atom. The topological polar surface area (TPSA) is 21.3 Å². The predicted octanol–water partition coefficient (Wildman–Crippen LogP) is 5.66. The zero-order valence-electron chi connectivity index (χ0n) is 10.9. The Morgan fingerprint density at radius 1 is 1.10 bits per heavy atom. The maximum atomic E-state index is 6.15. The summed E-state index contributed by atoms with van der Waals surface area (Å²) in [6, 6.07) is 11.1. The molecule has 0 aliphatic carbocycles. The molecule has 106 valence electrons. The molecule has 0 saturated carbocycles. The van der Waals surface area contributed by atoms with Crippen LogP contribution in [0.3, 0.4) is 0 Å². The molecule has 2 aromatic carbocycles. The Morgan fingerprint density at radius 3 is 2.65 bits per heavy atom. The van der Waals surface area contributed by atoms with Gasteiger partial charge in [0, 0.05) is 21.6 Å². The van der Waals surface area contributed by atoms with Crippen molar-refractivity contribution in [3.63, 3.8) is 0 Å². The Kier molecular flexibility index (Phi) is 5.73. The van der Waals surface area contributed by atoms with Crippen molar-refractivity contribution in [1.29, 1.82) is 0 Å². The summed E-state index contributed by atoms with van der Waals surface area (Å²) in [6.07, 6.45) is 0. The Bertz CT molecular complexity index is 604. The van der Waals surface area contributed by atoms with Crippen molar-refractivity contribution in [2.75, 3.05) is 6.54 Å². The molecule has 0 amide bonds. The van der Waals surface area contributed by atoms with E-state index in [1.54, 1.807) is 12.1 Å². The van der Waals surface area contributed by atoms with Crippen molar-refractivity contribution in [3.8, 4) is 11.5 Å². The molecule has 0 radical (unpaired) electrons. The maximum absolute atomic E-state index is 6.15. The lowest BCUT2D eigenvalue weighted by Gasteiger charge is -2.13. The van der Waals surface area contributed by atoms with E-state index in [0.29, 0.717) is 28.1 Å². The number of hydrogen-bond donors (Lipinski definition) is 1. The first-order valence-electron chi connectivity index (χ1n) is 6.22. The maximum Gasteiger partial charge on any atom is 0.147 e. The fourth-order valence-electron chi connectivity index (χ4n) is 1.70. The predicted molar refractivity (Wildman–Crippen MR) is 88.1 cm³/mol. The fourth-order valence-corrected chi connectivity index (χ4v) is 2.36. The lowest BCUT2D eigenvalue weighted by Crippen LogP contribution is -2.12. The van der Waals surface area contributed by atoms with Crippen LogP contribution in [-0.4, -0.2) is 6.54 Å². The Hall–Kier alpha value is -0.740. The van der Waals surface area contributed by atoms with Crippen molar-refractivity contribution in [3.05, 3.63) is 56.5 Å². The van der Waals surface area contributed by atoms with Crippen LogP contribution in [0.5, 0.6) is 11.5 Å². The van der Waals surface area contributed by atoms with Crippen LogP contribution in [0.15, 0.2) is 40.9 Å². The first-order valence-corrected chi connectivity index (χ1v) is 7.77. The van der Waals surface area contributed by atoms with Crippen LogP contribution in [0.4, 0.5) is 0 Å². The van der Waals surface area contributed by atoms with E-state index in [2.05, 4.69) is 28.2 Å². The highest BCUT2D eigenvalue weighted by Crippen LogP contribution is 2.34. The summed E-state index contributed by atoms with van der Waals surface area (Å²) < 4.78 is 6.82. The molecule has 5 heteroatoms. The molecule has 0 aromatic heterocycles. The van der Waals surface area contributed by atoms with Gasteiger partial charge in [-0.05, 0) is 36.9 Å². The smallest absolute Gasteiger partial charge is 0.147 e. The summed E-state index contributed by atoms with van der Waals surface area (Å²) in [7, 11) is 0. The lowest BCUT2D eigenvalue weighted by atomic mass is 10.2. The van der Waals surface area contributed by atoms with Gasteiger partial charge in [0.05, 0.1) is 5.02 Å². The van der Waals surface area contributed by atoms with Gasteiger partial charge < -0.3 is 10.1 Å². The van der Waals surface area contributed by atoms with Crippen LogP contribution in [0.25, 0.3) is 0 Å². The average molecular weight is 375 g/mol. The van der Waals surface area contributed by atoms with Crippen molar-refractivity contribution in [1.82, 2.24) is 5.32 Å². The zero-order chi connectivity index (χ0) is 14.5. The second-order valence-corrected chi connectivity index (χ2v) is 5.97. The first-order chi connectivity index (χ1) is 9.60. The largest absolute Gasteiger partial charge is 0.455 e. The Labute approximate surface area is 137 Å². The molecule has 2 aromatic rings. The summed E-state index contributed by atoms with van der Waals surface area (Å²) >= 11 is 15.6. The van der Waals surface area contributed by atoms with Gasteiger partial charge in [0.1, 0.15) is 11.5 Å². The van der Waals surface area contributed by atoms with Gasteiger partial charge in [0.25, 0.3) is 0 Å². The molecule has 2 rings (SSSR count). The number of halogens is 3. The summed E-state index contributed by atoms with van der Waals surface area (Å²) in [4.78, 5) is 0. The van der Waals surface area contributed by atoms with Gasteiger partial charge >= 0.3 is 0 Å². The van der Waals surface area contributed by atoms with Crippen LogP contribution in [0.2, 0.25) is 10.0 Å². The second-order valence-electron chi connectivity index (χ2n) is 4.21. The average Bonchev–Trinajstić information content (AvgIpc) is 2.42. The van der Waals surface area contributed by atoms with Crippen molar-refractivity contribution >= 4 is 39.1 Å². The minimum absolute atomic E-state index is 0.558. The van der Waals surface area contributed by atoms with Crippen molar-refractivity contribution < 1.29 is 4.74 Å². The summed E-state index contributed by atoms with van der Waals surface area (Å²) in [5.41, 5.74) is 1.03. The van der Waals surface area contributed by atoms with Crippen LogP contribution in [-0.2, 0) is 6.54 Å². The highest BCUT2D eigenvalue weighted by atomic mass is 79.9. The molecule has 2 nitrogen and oxygen atoms in total. The fraction of sp³-hybridized carbons (Fsp3) is 0.200. The zero-order valence-corrected chi connectivity index (χ0v) is 14.0. The highest BCUT2D eigenvalue weighted by molar-refractivity contribution is 9.10. The molecular weight excluding hydrogens is 361 g/mol. The molecule has 0 unspecified atom stereocenters. The summed E-state index contributed by atoms with van der Waals surface area (Å²) in [6.45, 7) is 3.66. The van der Waals surface area contributed by atoms with Gasteiger partial charge in [0.2, 0.25) is 0 Å². The molecule has 20 heavy (non-hydrogen) atoms. The van der Waals surface area contributed by atoms with E-state index in [-0.39, 0.29) is 0 Å². The van der Waals surface area contributed by atoms with Gasteiger partial charge in [0.15, 0.2) is 0 Å². The minimum Gasteiger partial charge on any atom is -0.455 e. The van der Waals surface area contributed by atoms with Gasteiger partial charge in [-0.15, -0.1) is 0 Å². The number of rotatable bonds is 5. The van der Waals surface area contributed by atoms with E-state index in [1.165, 1.54) is 0 Å². The monoisotopic (exact) mass is 373 g/mol. The summed E-state index contributed by atoms with van der Waals surface area (Å²) in [5, 5.41) is 4.46.